The highest BCUT2D eigenvalue weighted by Crippen LogP contribution is 2.35. The van der Waals surface area contributed by atoms with Crippen molar-refractivity contribution in [1.29, 1.82) is 0 Å². The van der Waals surface area contributed by atoms with Crippen LogP contribution in [0.25, 0.3) is 12.2 Å². The van der Waals surface area contributed by atoms with Crippen LogP contribution >= 0.6 is 0 Å². The lowest BCUT2D eigenvalue weighted by molar-refractivity contribution is 0.917. The summed E-state index contributed by atoms with van der Waals surface area (Å²) in [6, 6.07) is 49.4. The molecular weight excluding hydrogens is 581 g/mol. The van der Waals surface area contributed by atoms with E-state index in [1.165, 1.54) is 39.3 Å². The average molecular weight is 621 g/mol. The molecule has 2 heteroatoms. The van der Waals surface area contributed by atoms with Crippen molar-refractivity contribution in [2.45, 2.75) is 25.7 Å². The van der Waals surface area contributed by atoms with Crippen LogP contribution in [0.3, 0.4) is 0 Å². The second kappa shape index (κ2) is 15.2. The minimum atomic E-state index is 1.04. The first-order valence-corrected chi connectivity index (χ1v) is 16.9. The number of benzene rings is 5. The highest BCUT2D eigenvalue weighted by molar-refractivity contribution is 5.77. The molecule has 2 aliphatic carbocycles. The summed E-state index contributed by atoms with van der Waals surface area (Å²) in [6.07, 6.45) is 24.3. The van der Waals surface area contributed by atoms with Crippen LogP contribution in [-0.4, -0.2) is 0 Å². The van der Waals surface area contributed by atoms with Crippen molar-refractivity contribution in [1.82, 2.24) is 0 Å². The second-order valence-corrected chi connectivity index (χ2v) is 12.1. The molecule has 0 saturated carbocycles. The maximum Gasteiger partial charge on any atom is 0.0462 e. The van der Waals surface area contributed by atoms with Crippen LogP contribution in [0.2, 0.25) is 0 Å². The van der Waals surface area contributed by atoms with Crippen LogP contribution in [0, 0.1) is 0 Å². The maximum absolute atomic E-state index is 2.37. The van der Waals surface area contributed by atoms with Gasteiger partial charge in [-0.25, -0.2) is 0 Å². The van der Waals surface area contributed by atoms with Gasteiger partial charge in [0.05, 0.1) is 0 Å². The summed E-state index contributed by atoms with van der Waals surface area (Å²) >= 11 is 0. The molecule has 48 heavy (non-hydrogen) atoms. The first-order valence-electron chi connectivity index (χ1n) is 16.9. The highest BCUT2D eigenvalue weighted by atomic mass is 15.1. The Morgan fingerprint density at radius 1 is 0.375 bits per heavy atom. The molecule has 0 saturated heterocycles. The molecule has 0 atom stereocenters. The maximum atomic E-state index is 2.37. The highest BCUT2D eigenvalue weighted by Gasteiger charge is 2.15. The summed E-state index contributed by atoms with van der Waals surface area (Å²) in [5, 5.41) is 0. The van der Waals surface area contributed by atoms with E-state index in [1.807, 2.05) is 0 Å². The molecule has 0 N–H and O–H groups in total. The van der Waals surface area contributed by atoms with Gasteiger partial charge in [0.15, 0.2) is 0 Å². The summed E-state index contributed by atoms with van der Waals surface area (Å²) in [4.78, 5) is 4.66. The predicted molar refractivity (Wildman–Crippen MR) is 206 cm³/mol. The van der Waals surface area contributed by atoms with Crippen molar-refractivity contribution in [3.8, 4) is 0 Å². The quantitative estimate of drug-likeness (QED) is 0.153. The molecule has 0 aromatic heterocycles. The minimum Gasteiger partial charge on any atom is -0.314 e. The van der Waals surface area contributed by atoms with Crippen molar-refractivity contribution >= 4 is 40.6 Å². The van der Waals surface area contributed by atoms with Crippen molar-refractivity contribution in [3.05, 3.63) is 210 Å². The zero-order valence-electron chi connectivity index (χ0n) is 27.2. The van der Waals surface area contributed by atoms with Crippen LogP contribution < -0.4 is 9.80 Å². The van der Waals surface area contributed by atoms with Crippen LogP contribution in [0.4, 0.5) is 28.4 Å². The Labute approximate surface area is 285 Å². The van der Waals surface area contributed by atoms with Gasteiger partial charge >= 0.3 is 0 Å². The van der Waals surface area contributed by atoms with Gasteiger partial charge in [0.2, 0.25) is 0 Å². The predicted octanol–water partition coefficient (Wildman–Crippen LogP) is 12.9. The van der Waals surface area contributed by atoms with Crippen molar-refractivity contribution < 1.29 is 0 Å². The molecule has 0 heterocycles. The van der Waals surface area contributed by atoms with Gasteiger partial charge in [-0.3, -0.25) is 0 Å². The number of para-hydroxylation sites is 3. The number of allylic oxidation sites excluding steroid dienone is 10. The van der Waals surface area contributed by atoms with E-state index in [-0.39, 0.29) is 0 Å². The van der Waals surface area contributed by atoms with E-state index in [0.29, 0.717) is 0 Å². The fourth-order valence-electron chi connectivity index (χ4n) is 6.26. The number of hydrogen-bond donors (Lipinski definition) is 0. The lowest BCUT2D eigenvalue weighted by Gasteiger charge is -2.29. The third-order valence-corrected chi connectivity index (χ3v) is 8.82. The van der Waals surface area contributed by atoms with E-state index in [1.54, 1.807) is 0 Å². The van der Waals surface area contributed by atoms with Gasteiger partial charge in [0, 0.05) is 34.1 Å². The lowest BCUT2D eigenvalue weighted by Crippen LogP contribution is -2.17. The molecule has 0 unspecified atom stereocenters. The SMILES string of the molecule is C1=CCCC(N(c2ccccc2)c2ccc(/C=C/C3=CC=C(/C=C/c4ccc(N(c5ccccc5)c5ccccc5)cc4)CC3)cc2)=C1. The number of hydrogen-bond acceptors (Lipinski definition) is 2. The Morgan fingerprint density at radius 2 is 0.792 bits per heavy atom. The smallest absolute Gasteiger partial charge is 0.0462 e. The van der Waals surface area contributed by atoms with Crippen molar-refractivity contribution in [2.75, 3.05) is 9.80 Å². The van der Waals surface area contributed by atoms with Crippen molar-refractivity contribution in [2.24, 2.45) is 0 Å². The standard InChI is InChI=1S/C46H40N2/c1-5-13-41(14-6-1)47(42-15-7-2-8-16-42)45-33-29-39(30-34-45)27-25-37-21-23-38(24-22-37)26-28-40-31-35-46(36-32-40)48(43-17-9-3-10-18-43)44-19-11-4-12-20-44/h1-11,13-19,21,23,25-36H,12,20,22,24H2/b27-25+,28-26+. The summed E-state index contributed by atoms with van der Waals surface area (Å²) in [6.45, 7) is 0. The monoisotopic (exact) mass is 620 g/mol. The van der Waals surface area contributed by atoms with Crippen LogP contribution in [-0.2, 0) is 0 Å². The molecule has 0 radical (unpaired) electrons. The summed E-state index contributed by atoms with van der Waals surface area (Å²) in [5.74, 6) is 0. The third kappa shape index (κ3) is 7.57. The van der Waals surface area contributed by atoms with Gasteiger partial charge in [-0.2, -0.15) is 0 Å². The zero-order chi connectivity index (χ0) is 32.4. The Hall–Kier alpha value is -5.86. The lowest BCUT2D eigenvalue weighted by atomic mass is 9.96. The second-order valence-electron chi connectivity index (χ2n) is 12.1. The molecule has 5 aromatic carbocycles. The summed E-state index contributed by atoms with van der Waals surface area (Å²) < 4.78 is 0. The molecular formula is C46H40N2. The van der Waals surface area contributed by atoms with E-state index in [0.717, 1.165) is 42.7 Å². The van der Waals surface area contributed by atoms with Gasteiger partial charge in [0.1, 0.15) is 0 Å². The summed E-state index contributed by atoms with van der Waals surface area (Å²) in [7, 11) is 0. The molecule has 0 fully saturated rings. The van der Waals surface area contributed by atoms with Gasteiger partial charge in [0.25, 0.3) is 0 Å². The van der Waals surface area contributed by atoms with Crippen LogP contribution in [0.5, 0.6) is 0 Å². The zero-order valence-corrected chi connectivity index (χ0v) is 27.2. The number of rotatable bonds is 10. The fourth-order valence-corrected chi connectivity index (χ4v) is 6.26. The first kappa shape index (κ1) is 30.8. The molecule has 5 aromatic rings. The molecule has 234 valence electrons. The molecule has 0 aliphatic heterocycles. The fraction of sp³-hybridized carbons (Fsp3) is 0.0870. The molecule has 2 aliphatic rings. The molecule has 2 nitrogen and oxygen atoms in total. The first-order chi connectivity index (χ1) is 23.8. The number of anilines is 5. The molecule has 7 rings (SSSR count). The van der Waals surface area contributed by atoms with Gasteiger partial charge in [-0.1, -0.05) is 127 Å². The molecule has 0 bridgehead atoms. The van der Waals surface area contributed by atoms with Crippen LogP contribution in [0.15, 0.2) is 199 Å². The third-order valence-electron chi connectivity index (χ3n) is 8.82. The van der Waals surface area contributed by atoms with Crippen LogP contribution in [0.1, 0.15) is 36.8 Å². The van der Waals surface area contributed by atoms with Gasteiger partial charge in [-0.15, -0.1) is 0 Å². The van der Waals surface area contributed by atoms with Gasteiger partial charge in [-0.05, 0) is 115 Å². The van der Waals surface area contributed by atoms with E-state index >= 15 is 0 Å². The Bertz CT molecular complexity index is 1940. The summed E-state index contributed by atoms with van der Waals surface area (Å²) in [5.41, 5.74) is 12.3. The Balaban J connectivity index is 1.00. The topological polar surface area (TPSA) is 6.48 Å². The number of nitrogens with zero attached hydrogens (tertiary/aromatic N) is 2. The van der Waals surface area contributed by atoms with E-state index < -0.39 is 0 Å². The van der Waals surface area contributed by atoms with E-state index in [4.69, 9.17) is 0 Å². The van der Waals surface area contributed by atoms with E-state index in [9.17, 15) is 0 Å². The molecule has 0 spiro atoms. The average Bonchev–Trinajstić information content (AvgIpc) is 3.17. The van der Waals surface area contributed by atoms with Crippen molar-refractivity contribution in [3.63, 3.8) is 0 Å². The van der Waals surface area contributed by atoms with Gasteiger partial charge < -0.3 is 9.80 Å². The van der Waals surface area contributed by atoms with E-state index in [2.05, 4.69) is 204 Å². The largest absolute Gasteiger partial charge is 0.314 e. The Morgan fingerprint density at radius 3 is 1.21 bits per heavy atom. The Kier molecular flexibility index (Phi) is 9.72. The minimum absolute atomic E-state index is 1.04. The normalized spacial score (nSPS) is 14.5. The molecule has 0 amide bonds.